The van der Waals surface area contributed by atoms with Gasteiger partial charge in [-0.1, -0.05) is 17.7 Å². The summed E-state index contributed by atoms with van der Waals surface area (Å²) in [6, 6.07) is 11.1. The Labute approximate surface area is 162 Å². The number of ether oxygens (including phenoxy) is 1. The molecule has 0 aromatic heterocycles. The first-order valence-electron chi connectivity index (χ1n) is 7.92. The van der Waals surface area contributed by atoms with Crippen molar-refractivity contribution in [2.45, 2.75) is 19.3 Å². The van der Waals surface area contributed by atoms with Crippen LogP contribution >= 0.6 is 23.8 Å². The Balaban J connectivity index is 1.99. The molecule has 2 aromatic carbocycles. The fraction of sp³-hybridized carbons (Fsp3) is 0.263. The normalized spacial score (nSPS) is 11.0. The summed E-state index contributed by atoms with van der Waals surface area (Å²) in [7, 11) is 1.53. The molecule has 26 heavy (non-hydrogen) atoms. The van der Waals surface area contributed by atoms with E-state index < -0.39 is 5.41 Å². The van der Waals surface area contributed by atoms with Crippen molar-refractivity contribution in [3.8, 4) is 5.75 Å². The maximum atomic E-state index is 12.9. The Morgan fingerprint density at radius 3 is 2.50 bits per heavy atom. The first kappa shape index (κ1) is 20.1. The average Bonchev–Trinajstić information content (AvgIpc) is 2.61. The molecule has 0 saturated carbocycles. The number of benzene rings is 2. The zero-order valence-corrected chi connectivity index (χ0v) is 16.3. The fourth-order valence-electron chi connectivity index (χ4n) is 2.30. The molecule has 0 heterocycles. The molecule has 0 unspecified atom stereocenters. The first-order valence-corrected chi connectivity index (χ1v) is 8.70. The van der Waals surface area contributed by atoms with E-state index in [-0.39, 0.29) is 23.3 Å². The van der Waals surface area contributed by atoms with Gasteiger partial charge in [0.25, 0.3) is 0 Å². The van der Waals surface area contributed by atoms with Gasteiger partial charge in [-0.3, -0.25) is 4.79 Å². The van der Waals surface area contributed by atoms with E-state index in [0.717, 1.165) is 5.56 Å². The van der Waals surface area contributed by atoms with Crippen molar-refractivity contribution < 1.29 is 13.9 Å². The highest BCUT2D eigenvalue weighted by molar-refractivity contribution is 7.80. The number of methoxy groups -OCH3 is 1. The third kappa shape index (κ3) is 4.93. The van der Waals surface area contributed by atoms with Crippen LogP contribution in [0, 0.1) is 5.82 Å². The minimum Gasteiger partial charge on any atom is -0.495 e. The Kier molecular flexibility index (Phi) is 6.56. The van der Waals surface area contributed by atoms with Crippen LogP contribution in [0.1, 0.15) is 19.4 Å². The van der Waals surface area contributed by atoms with Crippen LogP contribution in [0.15, 0.2) is 42.5 Å². The molecule has 2 aromatic rings. The SMILES string of the molecule is COc1cc(C(C)(C)C(=O)CNC(=S)Nc2ccc(F)cc2)ccc1Cl. The number of halogens is 2. The average molecular weight is 395 g/mol. The summed E-state index contributed by atoms with van der Waals surface area (Å²) >= 11 is 11.2. The highest BCUT2D eigenvalue weighted by Gasteiger charge is 2.30. The monoisotopic (exact) mass is 394 g/mol. The van der Waals surface area contributed by atoms with Crippen LogP contribution in [-0.4, -0.2) is 24.6 Å². The summed E-state index contributed by atoms with van der Waals surface area (Å²) in [5, 5.41) is 6.56. The first-order chi connectivity index (χ1) is 12.2. The van der Waals surface area contributed by atoms with E-state index in [1.54, 1.807) is 30.3 Å². The number of anilines is 1. The summed E-state index contributed by atoms with van der Waals surface area (Å²) in [5.74, 6) is 0.140. The molecule has 0 spiro atoms. The molecule has 0 amide bonds. The fourth-order valence-corrected chi connectivity index (χ4v) is 2.68. The maximum Gasteiger partial charge on any atom is 0.171 e. The Morgan fingerprint density at radius 1 is 1.23 bits per heavy atom. The van der Waals surface area contributed by atoms with Gasteiger partial charge in [0, 0.05) is 5.69 Å². The van der Waals surface area contributed by atoms with Crippen molar-refractivity contribution >= 4 is 40.4 Å². The number of thiocarbonyl (C=S) groups is 1. The van der Waals surface area contributed by atoms with Gasteiger partial charge in [-0.25, -0.2) is 4.39 Å². The van der Waals surface area contributed by atoms with E-state index in [2.05, 4.69) is 10.6 Å². The molecule has 138 valence electrons. The second kappa shape index (κ2) is 8.47. The van der Waals surface area contributed by atoms with Crippen LogP contribution in [0.2, 0.25) is 5.02 Å². The van der Waals surface area contributed by atoms with Crippen LogP contribution in [0.5, 0.6) is 5.75 Å². The van der Waals surface area contributed by atoms with Crippen LogP contribution in [-0.2, 0) is 10.2 Å². The topological polar surface area (TPSA) is 50.4 Å². The van der Waals surface area contributed by atoms with Gasteiger partial charge in [0.1, 0.15) is 11.6 Å². The van der Waals surface area contributed by atoms with Crippen molar-refractivity contribution in [1.29, 1.82) is 0 Å². The molecule has 2 rings (SSSR count). The third-order valence-corrected chi connectivity index (χ3v) is 4.64. The predicted molar refractivity (Wildman–Crippen MR) is 107 cm³/mol. The van der Waals surface area contributed by atoms with Gasteiger partial charge in [0.2, 0.25) is 0 Å². The summed E-state index contributed by atoms with van der Waals surface area (Å²) < 4.78 is 18.1. The summed E-state index contributed by atoms with van der Waals surface area (Å²) in [4.78, 5) is 12.7. The number of rotatable bonds is 6. The molecular formula is C19H20ClFN2O2S. The number of hydrogen-bond donors (Lipinski definition) is 2. The van der Waals surface area contributed by atoms with Gasteiger partial charge < -0.3 is 15.4 Å². The van der Waals surface area contributed by atoms with E-state index in [0.29, 0.717) is 16.5 Å². The molecule has 0 atom stereocenters. The molecule has 0 aliphatic carbocycles. The molecule has 0 radical (unpaired) electrons. The molecular weight excluding hydrogens is 375 g/mol. The van der Waals surface area contributed by atoms with E-state index in [1.807, 2.05) is 13.8 Å². The van der Waals surface area contributed by atoms with Crippen molar-refractivity contribution in [3.63, 3.8) is 0 Å². The highest BCUT2D eigenvalue weighted by Crippen LogP contribution is 2.32. The van der Waals surface area contributed by atoms with Crippen LogP contribution in [0.25, 0.3) is 0 Å². The lowest BCUT2D eigenvalue weighted by molar-refractivity contribution is -0.122. The number of hydrogen-bond acceptors (Lipinski definition) is 3. The Morgan fingerprint density at radius 2 is 1.88 bits per heavy atom. The van der Waals surface area contributed by atoms with Crippen molar-refractivity contribution in [2.75, 3.05) is 19.0 Å². The smallest absolute Gasteiger partial charge is 0.171 e. The maximum absolute atomic E-state index is 12.9. The van der Waals surface area contributed by atoms with Gasteiger partial charge in [0.05, 0.1) is 24.1 Å². The van der Waals surface area contributed by atoms with Crippen molar-refractivity contribution in [1.82, 2.24) is 5.32 Å². The van der Waals surface area contributed by atoms with E-state index >= 15 is 0 Å². The second-order valence-corrected chi connectivity index (χ2v) is 7.03. The van der Waals surface area contributed by atoms with Crippen LogP contribution in [0.3, 0.4) is 0 Å². The van der Waals surface area contributed by atoms with E-state index in [4.69, 9.17) is 28.6 Å². The lowest BCUT2D eigenvalue weighted by atomic mass is 9.80. The quantitative estimate of drug-likeness (QED) is 0.714. The molecule has 0 aliphatic heterocycles. The Bertz CT molecular complexity index is 810. The molecule has 0 fully saturated rings. The number of nitrogens with one attached hydrogen (secondary N) is 2. The molecule has 0 bridgehead atoms. The predicted octanol–water partition coefficient (Wildman–Crippen LogP) is 4.32. The lowest BCUT2D eigenvalue weighted by Crippen LogP contribution is -2.40. The minimum absolute atomic E-state index is 0.0466. The second-order valence-electron chi connectivity index (χ2n) is 6.21. The summed E-state index contributed by atoms with van der Waals surface area (Å²) in [5.41, 5.74) is 0.678. The van der Waals surface area contributed by atoms with Crippen molar-refractivity contribution in [2.24, 2.45) is 0 Å². The van der Waals surface area contributed by atoms with Gasteiger partial charge in [-0.15, -0.1) is 0 Å². The van der Waals surface area contributed by atoms with E-state index in [9.17, 15) is 9.18 Å². The van der Waals surface area contributed by atoms with Gasteiger partial charge in [0.15, 0.2) is 10.9 Å². The lowest BCUT2D eigenvalue weighted by Gasteiger charge is -2.25. The van der Waals surface area contributed by atoms with Crippen molar-refractivity contribution in [3.05, 3.63) is 58.9 Å². The van der Waals surface area contributed by atoms with Crippen LogP contribution < -0.4 is 15.4 Å². The van der Waals surface area contributed by atoms with Crippen LogP contribution in [0.4, 0.5) is 10.1 Å². The molecule has 4 nitrogen and oxygen atoms in total. The minimum atomic E-state index is -0.754. The Hall–Kier alpha value is -2.18. The largest absolute Gasteiger partial charge is 0.495 e. The van der Waals surface area contributed by atoms with Gasteiger partial charge in [-0.2, -0.15) is 0 Å². The summed E-state index contributed by atoms with van der Waals surface area (Å²) in [6.45, 7) is 3.71. The zero-order chi connectivity index (χ0) is 19.3. The number of ketones is 1. The number of carbonyl (C=O) groups is 1. The molecule has 2 N–H and O–H groups in total. The number of carbonyl (C=O) groups excluding carboxylic acids is 1. The third-order valence-electron chi connectivity index (χ3n) is 4.08. The molecule has 7 heteroatoms. The summed E-state index contributed by atoms with van der Waals surface area (Å²) in [6.07, 6.45) is 0. The molecule has 0 saturated heterocycles. The van der Waals surface area contributed by atoms with Gasteiger partial charge in [-0.05, 0) is 68.0 Å². The highest BCUT2D eigenvalue weighted by atomic mass is 35.5. The number of Topliss-reactive ketones (excluding diaryl/α,β-unsaturated/α-hetero) is 1. The standard InChI is InChI=1S/C19H20ClFN2O2S/c1-19(2,12-4-9-15(20)16(10-12)25-3)17(24)11-22-18(26)23-14-7-5-13(21)6-8-14/h4-10H,11H2,1-3H3,(H2,22,23,26). The molecule has 0 aliphatic rings. The zero-order valence-electron chi connectivity index (χ0n) is 14.7. The van der Waals surface area contributed by atoms with E-state index in [1.165, 1.54) is 19.2 Å². The van der Waals surface area contributed by atoms with Gasteiger partial charge >= 0.3 is 0 Å².